The number of rotatable bonds is 10. The van der Waals surface area contributed by atoms with E-state index in [-0.39, 0.29) is 0 Å². The molecule has 0 aromatic heterocycles. The Kier molecular flexibility index (Phi) is 11.4. The van der Waals surface area contributed by atoms with Gasteiger partial charge in [-0.25, -0.2) is 0 Å². The van der Waals surface area contributed by atoms with Gasteiger partial charge in [-0.1, -0.05) is 147 Å². The van der Waals surface area contributed by atoms with E-state index in [9.17, 15) is 0 Å². The molecule has 1 heterocycles. The van der Waals surface area contributed by atoms with Gasteiger partial charge >= 0.3 is 0 Å². The highest BCUT2D eigenvalue weighted by Crippen LogP contribution is 2.37. The zero-order valence-corrected chi connectivity index (χ0v) is 29.5. The van der Waals surface area contributed by atoms with Crippen LogP contribution in [0.25, 0.3) is 5.57 Å². The van der Waals surface area contributed by atoms with Crippen molar-refractivity contribution < 1.29 is 0 Å². The predicted molar refractivity (Wildman–Crippen MR) is 210 cm³/mol. The molecule has 0 fully saturated rings. The Balaban J connectivity index is 1.50. The summed E-state index contributed by atoms with van der Waals surface area (Å²) in [5, 5.41) is 3.72. The van der Waals surface area contributed by atoms with Crippen LogP contribution in [-0.2, 0) is 12.0 Å². The third-order valence-electron chi connectivity index (χ3n) is 9.34. The van der Waals surface area contributed by atoms with E-state index in [2.05, 4.69) is 160 Å². The molecule has 0 saturated carbocycles. The van der Waals surface area contributed by atoms with E-state index < -0.39 is 5.54 Å². The molecule has 49 heavy (non-hydrogen) atoms. The molecule has 1 aliphatic carbocycles. The first kappa shape index (κ1) is 34.8. The first-order chi connectivity index (χ1) is 23.8. The topological polar surface area (TPSA) is 64.1 Å². The van der Waals surface area contributed by atoms with Crippen molar-refractivity contribution in [2.75, 3.05) is 0 Å². The zero-order valence-electron chi connectivity index (χ0n) is 29.5. The molecule has 0 radical (unpaired) electrons. The highest BCUT2D eigenvalue weighted by molar-refractivity contribution is 5.85. The Bertz CT molecular complexity index is 1950. The van der Waals surface area contributed by atoms with E-state index in [1.165, 1.54) is 33.4 Å². The van der Waals surface area contributed by atoms with Crippen molar-refractivity contribution in [1.29, 1.82) is 0 Å². The van der Waals surface area contributed by atoms with Gasteiger partial charge in [-0.05, 0) is 108 Å². The summed E-state index contributed by atoms with van der Waals surface area (Å²) in [6, 6.07) is 28.1. The molecule has 0 saturated heterocycles. The van der Waals surface area contributed by atoms with Crippen LogP contribution < -0.4 is 16.8 Å². The largest absolute Gasteiger partial charge is 0.398 e. The monoisotopic (exact) mass is 643 g/mol. The average Bonchev–Trinajstić information content (AvgIpc) is 3.12. The van der Waals surface area contributed by atoms with Crippen molar-refractivity contribution in [2.45, 2.75) is 52.5 Å². The Morgan fingerprint density at radius 2 is 1.59 bits per heavy atom. The number of dihydropyridines is 1. The van der Waals surface area contributed by atoms with Crippen LogP contribution in [0.15, 0.2) is 192 Å². The Morgan fingerprint density at radius 1 is 0.857 bits per heavy atom. The molecule has 3 aromatic carbocycles. The van der Waals surface area contributed by atoms with Gasteiger partial charge in [0, 0.05) is 17.0 Å². The molecule has 5 rings (SSSR count). The van der Waals surface area contributed by atoms with Gasteiger partial charge in [0.1, 0.15) is 5.54 Å². The van der Waals surface area contributed by atoms with Gasteiger partial charge in [-0.15, -0.1) is 0 Å². The SMILES string of the molecule is C/C=C\C1=C(N)C(c2ccccc2Cc2ccc(C3(/C(C)=C(\C=C/C)/C=C\C(C)c4ccccc4)C=CC=CN3)cc2)=C(N)/C=C(C)/C=C/1. The first-order valence-corrected chi connectivity index (χ1v) is 17.1. The lowest BCUT2D eigenvalue weighted by molar-refractivity contribution is 0.551. The van der Waals surface area contributed by atoms with Gasteiger partial charge in [0.15, 0.2) is 0 Å². The van der Waals surface area contributed by atoms with Crippen LogP contribution in [0.4, 0.5) is 0 Å². The van der Waals surface area contributed by atoms with Crippen molar-refractivity contribution in [1.82, 2.24) is 5.32 Å². The van der Waals surface area contributed by atoms with Crippen LogP contribution in [0.1, 0.15) is 68.4 Å². The second kappa shape index (κ2) is 16.0. The molecule has 0 amide bonds. The van der Waals surface area contributed by atoms with Crippen LogP contribution in [0.5, 0.6) is 0 Å². The number of benzene rings is 3. The maximum Gasteiger partial charge on any atom is 0.103 e. The standard InChI is InChI=1S/C46H49N3/c1-6-15-38(26-22-34(4)37-17-9-8-10-18-37)35(5)46(29-13-14-30-49-46)41-27-23-36(24-28-41)32-40-19-11-12-20-42(40)44-43(47)31-33(3)21-25-39(16-7-2)45(44)48/h6-31,34,49H,32,47-48H2,1-5H3/b15-6-,16-7-,25-21+,26-22-,33-21?,33-31+,38-35+,39-25?,43-31?,44-43?,45-39?,45-44?. The molecule has 2 unspecified atom stereocenters. The second-order valence-electron chi connectivity index (χ2n) is 12.8. The second-order valence-corrected chi connectivity index (χ2v) is 12.8. The average molecular weight is 644 g/mol. The maximum atomic E-state index is 6.84. The van der Waals surface area contributed by atoms with Gasteiger partial charge in [0.05, 0.1) is 0 Å². The number of hydrogen-bond donors (Lipinski definition) is 3. The van der Waals surface area contributed by atoms with Crippen LogP contribution in [0.3, 0.4) is 0 Å². The van der Waals surface area contributed by atoms with Crippen molar-refractivity contribution >= 4 is 5.57 Å². The van der Waals surface area contributed by atoms with Crippen molar-refractivity contribution in [3.8, 4) is 0 Å². The lowest BCUT2D eigenvalue weighted by Gasteiger charge is -2.36. The van der Waals surface area contributed by atoms with E-state index in [0.29, 0.717) is 17.3 Å². The van der Waals surface area contributed by atoms with E-state index in [4.69, 9.17) is 11.5 Å². The van der Waals surface area contributed by atoms with Crippen molar-refractivity contribution in [2.24, 2.45) is 11.5 Å². The minimum atomic E-state index is -0.487. The van der Waals surface area contributed by atoms with Crippen molar-refractivity contribution in [3.63, 3.8) is 0 Å². The summed E-state index contributed by atoms with van der Waals surface area (Å²) >= 11 is 0. The molecular formula is C46H49N3. The molecule has 2 aliphatic rings. The third-order valence-corrected chi connectivity index (χ3v) is 9.34. The third kappa shape index (κ3) is 7.96. The van der Waals surface area contributed by atoms with Crippen LogP contribution in [0, 0.1) is 0 Å². The quantitative estimate of drug-likeness (QED) is 0.193. The Morgan fingerprint density at radius 3 is 2.29 bits per heavy atom. The normalized spacial score (nSPS) is 21.0. The fraction of sp³-hybridized carbons (Fsp3) is 0.174. The highest BCUT2D eigenvalue weighted by atomic mass is 15.0. The summed E-state index contributed by atoms with van der Waals surface area (Å²) in [6.45, 7) is 10.6. The summed E-state index contributed by atoms with van der Waals surface area (Å²) in [4.78, 5) is 0. The van der Waals surface area contributed by atoms with Gasteiger partial charge in [-0.3, -0.25) is 0 Å². The number of allylic oxidation sites excluding steroid dienone is 15. The lowest BCUT2D eigenvalue weighted by Crippen LogP contribution is -2.40. The van der Waals surface area contributed by atoms with E-state index >= 15 is 0 Å². The minimum Gasteiger partial charge on any atom is -0.398 e. The summed E-state index contributed by atoms with van der Waals surface area (Å²) < 4.78 is 0. The molecule has 1 aliphatic heterocycles. The molecule has 2 atom stereocenters. The molecular weight excluding hydrogens is 595 g/mol. The molecule has 0 bridgehead atoms. The lowest BCUT2D eigenvalue weighted by atomic mass is 9.78. The van der Waals surface area contributed by atoms with Gasteiger partial charge in [0.25, 0.3) is 0 Å². The fourth-order valence-electron chi connectivity index (χ4n) is 6.57. The van der Waals surface area contributed by atoms with Gasteiger partial charge in [-0.2, -0.15) is 0 Å². The molecule has 248 valence electrons. The fourth-order valence-corrected chi connectivity index (χ4v) is 6.57. The molecule has 0 spiro atoms. The molecule has 3 aromatic rings. The smallest absolute Gasteiger partial charge is 0.103 e. The summed E-state index contributed by atoms with van der Waals surface area (Å²) in [5.74, 6) is 0.299. The number of nitrogens with two attached hydrogens (primary N) is 2. The summed E-state index contributed by atoms with van der Waals surface area (Å²) in [5.41, 5.74) is 25.7. The van der Waals surface area contributed by atoms with Crippen molar-refractivity contribution in [3.05, 3.63) is 219 Å². The highest BCUT2D eigenvalue weighted by Gasteiger charge is 2.32. The predicted octanol–water partition coefficient (Wildman–Crippen LogP) is 10.4. The van der Waals surface area contributed by atoms with Crippen LogP contribution >= 0.6 is 0 Å². The number of nitrogens with one attached hydrogen (secondary N) is 1. The van der Waals surface area contributed by atoms with E-state index in [1.54, 1.807) is 0 Å². The number of hydrogen-bond acceptors (Lipinski definition) is 3. The summed E-state index contributed by atoms with van der Waals surface area (Å²) in [7, 11) is 0. The zero-order chi connectivity index (χ0) is 34.8. The Labute approximate surface area is 293 Å². The van der Waals surface area contributed by atoms with Crippen LogP contribution in [0.2, 0.25) is 0 Å². The minimum absolute atomic E-state index is 0.299. The summed E-state index contributed by atoms with van der Waals surface area (Å²) in [6.07, 6.45) is 28.3. The van der Waals surface area contributed by atoms with E-state index in [0.717, 1.165) is 28.7 Å². The Hall–Kier alpha value is -5.54. The molecule has 3 heteroatoms. The van der Waals surface area contributed by atoms with Gasteiger partial charge in [0.2, 0.25) is 0 Å². The van der Waals surface area contributed by atoms with E-state index in [1.807, 2.05) is 37.4 Å². The first-order valence-electron chi connectivity index (χ1n) is 17.1. The molecule has 3 nitrogen and oxygen atoms in total. The molecule has 5 N–H and O–H groups in total. The van der Waals surface area contributed by atoms with Gasteiger partial charge < -0.3 is 16.8 Å². The maximum absolute atomic E-state index is 6.84. The van der Waals surface area contributed by atoms with Crippen LogP contribution in [-0.4, -0.2) is 0 Å².